The fourth-order valence-electron chi connectivity index (χ4n) is 2.75. The lowest BCUT2D eigenvalue weighted by atomic mass is 10.1. The molecule has 4 heteroatoms. The van der Waals surface area contributed by atoms with Gasteiger partial charge in [0.15, 0.2) is 5.82 Å². The summed E-state index contributed by atoms with van der Waals surface area (Å²) in [4.78, 5) is 15.0. The van der Waals surface area contributed by atoms with Crippen molar-refractivity contribution in [3.8, 4) is 11.3 Å². The zero-order valence-electron chi connectivity index (χ0n) is 13.6. The van der Waals surface area contributed by atoms with Crippen molar-refractivity contribution in [1.29, 1.82) is 0 Å². The van der Waals surface area contributed by atoms with Gasteiger partial charge in [0.1, 0.15) is 11.3 Å². The number of nitrogens with one attached hydrogen (secondary N) is 1. The van der Waals surface area contributed by atoms with Crippen LogP contribution in [0.3, 0.4) is 0 Å². The summed E-state index contributed by atoms with van der Waals surface area (Å²) in [6.45, 7) is 10.2. The lowest BCUT2D eigenvalue weighted by Crippen LogP contribution is -2.23. The monoisotopic (exact) mass is 294 g/mol. The lowest BCUT2D eigenvalue weighted by Gasteiger charge is -2.20. The standard InChI is InChI=1S/C18H22N4/c1-5-22(6-2)18-17-16(19-13(4)20-18)11-15(21-17)14-9-7-12(3)8-10-14/h7-11,21H,5-6H2,1-4H3. The second-order valence-electron chi connectivity index (χ2n) is 5.58. The number of benzene rings is 1. The SMILES string of the molecule is CCN(CC)c1nc(C)nc2cc(-c3ccc(C)cc3)[nH]c12. The van der Waals surface area contributed by atoms with Crippen LogP contribution in [0.1, 0.15) is 25.2 Å². The number of aromatic nitrogens is 3. The maximum atomic E-state index is 4.65. The third kappa shape index (κ3) is 2.56. The van der Waals surface area contributed by atoms with Crippen LogP contribution in [0.15, 0.2) is 30.3 Å². The Balaban J connectivity index is 2.16. The molecule has 0 aliphatic carbocycles. The van der Waals surface area contributed by atoms with Gasteiger partial charge >= 0.3 is 0 Å². The highest BCUT2D eigenvalue weighted by Crippen LogP contribution is 2.28. The summed E-state index contributed by atoms with van der Waals surface area (Å²) < 4.78 is 0. The van der Waals surface area contributed by atoms with Crippen molar-refractivity contribution in [1.82, 2.24) is 15.0 Å². The van der Waals surface area contributed by atoms with Crippen LogP contribution in [0, 0.1) is 13.8 Å². The first-order valence-corrected chi connectivity index (χ1v) is 7.81. The van der Waals surface area contributed by atoms with E-state index in [-0.39, 0.29) is 0 Å². The van der Waals surface area contributed by atoms with Crippen LogP contribution in [0.5, 0.6) is 0 Å². The Morgan fingerprint density at radius 2 is 1.68 bits per heavy atom. The van der Waals surface area contributed by atoms with E-state index in [9.17, 15) is 0 Å². The molecule has 2 aromatic heterocycles. The summed E-state index contributed by atoms with van der Waals surface area (Å²) in [6.07, 6.45) is 0. The molecule has 3 aromatic rings. The molecule has 114 valence electrons. The molecule has 0 saturated carbocycles. The quantitative estimate of drug-likeness (QED) is 0.788. The predicted molar refractivity (Wildman–Crippen MR) is 92.4 cm³/mol. The van der Waals surface area contributed by atoms with Gasteiger partial charge in [0, 0.05) is 18.8 Å². The van der Waals surface area contributed by atoms with Crippen LogP contribution in [-0.4, -0.2) is 28.0 Å². The highest BCUT2D eigenvalue weighted by Gasteiger charge is 2.14. The third-order valence-electron chi connectivity index (χ3n) is 4.00. The van der Waals surface area contributed by atoms with Crippen molar-refractivity contribution in [2.24, 2.45) is 0 Å². The molecule has 0 atom stereocenters. The molecule has 0 spiro atoms. The lowest BCUT2D eigenvalue weighted by molar-refractivity contribution is 0.841. The first kappa shape index (κ1) is 14.6. The molecule has 0 fully saturated rings. The molecule has 0 saturated heterocycles. The topological polar surface area (TPSA) is 44.8 Å². The van der Waals surface area contributed by atoms with E-state index < -0.39 is 0 Å². The maximum Gasteiger partial charge on any atom is 0.156 e. The van der Waals surface area contributed by atoms with Gasteiger partial charge in [-0.1, -0.05) is 29.8 Å². The maximum absolute atomic E-state index is 4.65. The Morgan fingerprint density at radius 1 is 1.00 bits per heavy atom. The summed E-state index contributed by atoms with van der Waals surface area (Å²) in [5.41, 5.74) is 5.52. The Kier molecular flexibility index (Phi) is 3.84. The molecule has 4 nitrogen and oxygen atoms in total. The van der Waals surface area contributed by atoms with Gasteiger partial charge in [0.2, 0.25) is 0 Å². The molecule has 0 aliphatic rings. The minimum absolute atomic E-state index is 0.809. The number of aromatic amines is 1. The van der Waals surface area contributed by atoms with Crippen molar-refractivity contribution in [3.05, 3.63) is 41.7 Å². The summed E-state index contributed by atoms with van der Waals surface area (Å²) in [7, 11) is 0. The van der Waals surface area contributed by atoms with Crippen LogP contribution in [-0.2, 0) is 0 Å². The van der Waals surface area contributed by atoms with E-state index in [2.05, 4.69) is 71.0 Å². The summed E-state index contributed by atoms with van der Waals surface area (Å²) in [5.74, 6) is 1.80. The van der Waals surface area contributed by atoms with E-state index in [4.69, 9.17) is 0 Å². The van der Waals surface area contributed by atoms with Crippen LogP contribution >= 0.6 is 0 Å². The zero-order valence-corrected chi connectivity index (χ0v) is 13.6. The molecule has 0 aliphatic heterocycles. The number of fused-ring (bicyclic) bond motifs is 1. The average Bonchev–Trinajstić information content (AvgIpc) is 2.93. The molecule has 1 N–H and O–H groups in total. The van der Waals surface area contributed by atoms with Crippen molar-refractivity contribution in [2.75, 3.05) is 18.0 Å². The fraction of sp³-hybridized carbons (Fsp3) is 0.333. The van der Waals surface area contributed by atoms with Gasteiger partial charge in [-0.25, -0.2) is 9.97 Å². The number of hydrogen-bond acceptors (Lipinski definition) is 3. The van der Waals surface area contributed by atoms with E-state index in [1.807, 2.05) is 6.92 Å². The van der Waals surface area contributed by atoms with Crippen molar-refractivity contribution < 1.29 is 0 Å². The summed E-state index contributed by atoms with van der Waals surface area (Å²) in [6, 6.07) is 10.6. The van der Waals surface area contributed by atoms with E-state index in [0.29, 0.717) is 0 Å². The van der Waals surface area contributed by atoms with Gasteiger partial charge in [-0.3, -0.25) is 0 Å². The van der Waals surface area contributed by atoms with Gasteiger partial charge in [-0.2, -0.15) is 0 Å². The summed E-state index contributed by atoms with van der Waals surface area (Å²) in [5, 5.41) is 0. The van der Waals surface area contributed by atoms with Gasteiger partial charge < -0.3 is 9.88 Å². The number of rotatable bonds is 4. The van der Waals surface area contributed by atoms with Crippen molar-refractivity contribution >= 4 is 16.9 Å². The van der Waals surface area contributed by atoms with Crippen molar-refractivity contribution in [2.45, 2.75) is 27.7 Å². The zero-order chi connectivity index (χ0) is 15.7. The second-order valence-corrected chi connectivity index (χ2v) is 5.58. The van der Waals surface area contributed by atoms with E-state index >= 15 is 0 Å². The van der Waals surface area contributed by atoms with Crippen LogP contribution in [0.2, 0.25) is 0 Å². The minimum Gasteiger partial charge on any atom is -0.355 e. The number of H-pyrrole nitrogens is 1. The van der Waals surface area contributed by atoms with Gasteiger partial charge in [0.05, 0.1) is 5.52 Å². The number of anilines is 1. The molecule has 3 rings (SSSR count). The first-order valence-electron chi connectivity index (χ1n) is 7.81. The smallest absolute Gasteiger partial charge is 0.156 e. The highest BCUT2D eigenvalue weighted by atomic mass is 15.2. The third-order valence-corrected chi connectivity index (χ3v) is 4.00. The van der Waals surface area contributed by atoms with Crippen LogP contribution in [0.25, 0.3) is 22.3 Å². The molecule has 22 heavy (non-hydrogen) atoms. The minimum atomic E-state index is 0.809. The van der Waals surface area contributed by atoms with Gasteiger partial charge in [-0.05, 0) is 39.3 Å². The van der Waals surface area contributed by atoms with E-state index in [1.165, 1.54) is 11.1 Å². The number of nitrogens with zero attached hydrogens (tertiary/aromatic N) is 3. The summed E-state index contributed by atoms with van der Waals surface area (Å²) >= 11 is 0. The average molecular weight is 294 g/mol. The number of aryl methyl sites for hydroxylation is 2. The predicted octanol–water partition coefficient (Wildman–Crippen LogP) is 4.09. The molecule has 0 unspecified atom stereocenters. The fourth-order valence-corrected chi connectivity index (χ4v) is 2.75. The molecule has 0 bridgehead atoms. The molecular weight excluding hydrogens is 272 g/mol. The molecular formula is C18H22N4. The Morgan fingerprint density at radius 3 is 2.32 bits per heavy atom. The molecule has 1 aromatic carbocycles. The molecule has 0 radical (unpaired) electrons. The molecule has 0 amide bonds. The van der Waals surface area contributed by atoms with Crippen molar-refractivity contribution in [3.63, 3.8) is 0 Å². The van der Waals surface area contributed by atoms with Crippen LogP contribution < -0.4 is 4.90 Å². The highest BCUT2D eigenvalue weighted by molar-refractivity contribution is 5.90. The Hall–Kier alpha value is -2.36. The van der Waals surface area contributed by atoms with Gasteiger partial charge in [0.25, 0.3) is 0 Å². The molecule has 2 heterocycles. The first-order chi connectivity index (χ1) is 10.6. The van der Waals surface area contributed by atoms with E-state index in [1.54, 1.807) is 0 Å². The number of hydrogen-bond donors (Lipinski definition) is 1. The van der Waals surface area contributed by atoms with Crippen LogP contribution in [0.4, 0.5) is 5.82 Å². The van der Waals surface area contributed by atoms with Gasteiger partial charge in [-0.15, -0.1) is 0 Å². The largest absolute Gasteiger partial charge is 0.355 e. The Labute approximate surface area is 131 Å². The Bertz CT molecular complexity index is 783. The second kappa shape index (κ2) is 5.79. The normalized spacial score (nSPS) is 11.1. The van der Waals surface area contributed by atoms with E-state index in [0.717, 1.165) is 41.5 Å².